The molecule has 1 aromatic carbocycles. The molecule has 6 nitrogen and oxygen atoms in total. The number of aliphatic hydroxyl groups is 1. The highest BCUT2D eigenvalue weighted by atomic mass is 32.2. The number of carbonyl (C=O) groups excluding carboxylic acids is 1. The van der Waals surface area contributed by atoms with E-state index in [1.807, 2.05) is 0 Å². The molecule has 9 heteroatoms. The van der Waals surface area contributed by atoms with Crippen molar-refractivity contribution in [1.29, 1.82) is 0 Å². The Bertz CT molecular complexity index is 917. The second-order valence-corrected chi connectivity index (χ2v) is 9.24. The van der Waals surface area contributed by atoms with Gasteiger partial charge in [-0.25, -0.2) is 8.78 Å². The lowest BCUT2D eigenvalue weighted by Crippen LogP contribution is -2.53. The summed E-state index contributed by atoms with van der Waals surface area (Å²) in [5.41, 5.74) is 0.708. The number of aliphatic hydroxyl groups excluding tert-OH is 1. The zero-order valence-electron chi connectivity index (χ0n) is 15.1. The molecule has 0 bridgehead atoms. The van der Waals surface area contributed by atoms with E-state index in [-0.39, 0.29) is 33.8 Å². The smallest absolute Gasteiger partial charge is 0.270 e. The van der Waals surface area contributed by atoms with Crippen LogP contribution in [-0.2, 0) is 0 Å². The van der Waals surface area contributed by atoms with E-state index in [9.17, 15) is 18.7 Å². The molecule has 1 aliphatic carbocycles. The summed E-state index contributed by atoms with van der Waals surface area (Å²) in [6.45, 7) is 1.23. The normalized spacial score (nSPS) is 32.4. The molecule has 3 heterocycles. The maximum atomic E-state index is 13.9. The van der Waals surface area contributed by atoms with Crippen molar-refractivity contribution in [3.63, 3.8) is 0 Å². The molecule has 28 heavy (non-hydrogen) atoms. The molecule has 0 radical (unpaired) electrons. The molecule has 150 valence electrons. The van der Waals surface area contributed by atoms with Crippen LogP contribution in [0.25, 0.3) is 10.9 Å². The highest BCUT2D eigenvalue weighted by molar-refractivity contribution is 8.00. The van der Waals surface area contributed by atoms with E-state index >= 15 is 0 Å². The van der Waals surface area contributed by atoms with Crippen molar-refractivity contribution < 1.29 is 18.7 Å². The van der Waals surface area contributed by atoms with Crippen LogP contribution in [0.2, 0.25) is 0 Å². The van der Waals surface area contributed by atoms with Crippen molar-refractivity contribution in [2.24, 2.45) is 0 Å². The fourth-order valence-electron chi connectivity index (χ4n) is 4.31. The molecule has 1 aromatic heterocycles. The first-order valence-electron chi connectivity index (χ1n) is 9.59. The average Bonchev–Trinajstić information content (AvgIpc) is 3.22. The standard InChI is InChI=1S/C19H22F2N4O2S/c20-9-3-13(21)12-7-16(23-15(12)4-9)18(27)25-2-1-14-17(8-25)28-19(24-14)22-10-5-11(26)6-10/h3-4,7,10-11,14,17,19,22-24,26H,1-2,5-6,8H2/t10-,11-,14?,17?,19?. The number of benzene rings is 1. The number of H-pyrrole nitrogens is 1. The number of hydrogen-bond acceptors (Lipinski definition) is 5. The molecule has 2 saturated heterocycles. The highest BCUT2D eigenvalue weighted by Crippen LogP contribution is 2.34. The Kier molecular flexibility index (Phi) is 4.58. The van der Waals surface area contributed by atoms with Crippen LogP contribution in [0.5, 0.6) is 0 Å². The van der Waals surface area contributed by atoms with Crippen LogP contribution >= 0.6 is 11.8 Å². The Morgan fingerprint density at radius 2 is 2.11 bits per heavy atom. The van der Waals surface area contributed by atoms with Gasteiger partial charge in [-0.2, -0.15) is 0 Å². The van der Waals surface area contributed by atoms with Crippen LogP contribution < -0.4 is 10.6 Å². The summed E-state index contributed by atoms with van der Waals surface area (Å²) < 4.78 is 27.3. The van der Waals surface area contributed by atoms with Crippen LogP contribution in [-0.4, -0.2) is 62.9 Å². The number of aromatic amines is 1. The van der Waals surface area contributed by atoms with Gasteiger partial charge in [0.2, 0.25) is 0 Å². The van der Waals surface area contributed by atoms with Gasteiger partial charge in [-0.3, -0.25) is 15.4 Å². The number of carbonyl (C=O) groups is 1. The number of nitrogens with zero attached hydrogens (tertiary/aromatic N) is 1. The molecule has 2 aliphatic heterocycles. The molecule has 3 aliphatic rings. The van der Waals surface area contributed by atoms with Crippen LogP contribution in [0.15, 0.2) is 18.2 Å². The van der Waals surface area contributed by atoms with Crippen molar-refractivity contribution in [1.82, 2.24) is 20.5 Å². The third kappa shape index (κ3) is 3.30. The van der Waals surface area contributed by atoms with Crippen LogP contribution in [0.3, 0.4) is 0 Å². The van der Waals surface area contributed by atoms with Crippen molar-refractivity contribution in [3.8, 4) is 0 Å². The van der Waals surface area contributed by atoms with Gasteiger partial charge in [-0.1, -0.05) is 0 Å². The summed E-state index contributed by atoms with van der Waals surface area (Å²) in [4.78, 5) is 17.6. The molecule has 2 aromatic rings. The fourth-order valence-corrected chi connectivity index (χ4v) is 5.85. The summed E-state index contributed by atoms with van der Waals surface area (Å²) in [5, 5.41) is 17.0. The van der Waals surface area contributed by atoms with Crippen LogP contribution in [0, 0.1) is 11.6 Å². The molecule has 4 N–H and O–H groups in total. The number of likely N-dealkylation sites (tertiary alicyclic amines) is 1. The fraction of sp³-hybridized carbons (Fsp3) is 0.526. The molecule has 0 spiro atoms. The maximum Gasteiger partial charge on any atom is 0.270 e. The van der Waals surface area contributed by atoms with E-state index < -0.39 is 11.6 Å². The van der Waals surface area contributed by atoms with E-state index in [2.05, 4.69) is 15.6 Å². The minimum absolute atomic E-state index is 0.132. The lowest BCUT2D eigenvalue weighted by molar-refractivity contribution is 0.0598. The first kappa shape index (κ1) is 18.4. The third-order valence-electron chi connectivity index (χ3n) is 5.91. The SMILES string of the molecule is O=C(c1cc2c(F)cc(F)cc2[nH]1)N1CCC2NC(N[C@H]3C[C@H](O)C3)SC2C1. The zero-order chi connectivity index (χ0) is 19.4. The van der Waals surface area contributed by atoms with Gasteiger partial charge >= 0.3 is 0 Å². The number of halogens is 2. The number of hydrogen-bond donors (Lipinski definition) is 4. The summed E-state index contributed by atoms with van der Waals surface area (Å²) in [6, 6.07) is 4.17. The monoisotopic (exact) mass is 408 g/mol. The first-order valence-corrected chi connectivity index (χ1v) is 10.5. The largest absolute Gasteiger partial charge is 0.393 e. The van der Waals surface area contributed by atoms with E-state index in [0.29, 0.717) is 30.7 Å². The van der Waals surface area contributed by atoms with Gasteiger partial charge in [0.15, 0.2) is 0 Å². The third-order valence-corrected chi connectivity index (χ3v) is 7.28. The predicted octanol–water partition coefficient (Wildman–Crippen LogP) is 1.76. The van der Waals surface area contributed by atoms with Crippen LogP contribution in [0.1, 0.15) is 29.8 Å². The molecule has 3 atom stereocenters. The first-order chi connectivity index (χ1) is 13.5. The average molecular weight is 408 g/mol. The quantitative estimate of drug-likeness (QED) is 0.623. The molecular weight excluding hydrogens is 386 g/mol. The molecular formula is C19H22F2N4O2S. The molecule has 5 rings (SSSR count). The van der Waals surface area contributed by atoms with Crippen LogP contribution in [0.4, 0.5) is 8.78 Å². The van der Waals surface area contributed by atoms with E-state index in [1.165, 1.54) is 12.1 Å². The van der Waals surface area contributed by atoms with Gasteiger partial charge in [0, 0.05) is 41.9 Å². The van der Waals surface area contributed by atoms with Gasteiger partial charge in [-0.05, 0) is 31.4 Å². The number of thioether (sulfide) groups is 1. The molecule has 3 fully saturated rings. The van der Waals surface area contributed by atoms with Crippen molar-refractivity contribution in [2.45, 2.75) is 48.2 Å². The van der Waals surface area contributed by atoms with Gasteiger partial charge in [0.1, 0.15) is 22.8 Å². The second kappa shape index (κ2) is 6.98. The molecule has 3 unspecified atom stereocenters. The van der Waals surface area contributed by atoms with Gasteiger partial charge in [0.05, 0.1) is 11.6 Å². The highest BCUT2D eigenvalue weighted by Gasteiger charge is 2.41. The number of fused-ring (bicyclic) bond motifs is 2. The minimum atomic E-state index is -0.672. The van der Waals surface area contributed by atoms with Gasteiger partial charge < -0.3 is 15.0 Å². The Hall–Kier alpha value is -1.68. The van der Waals surface area contributed by atoms with Gasteiger partial charge in [0.25, 0.3) is 5.91 Å². The molecule has 1 amide bonds. The van der Waals surface area contributed by atoms with Crippen molar-refractivity contribution in [3.05, 3.63) is 35.5 Å². The Morgan fingerprint density at radius 1 is 1.29 bits per heavy atom. The number of rotatable bonds is 3. The van der Waals surface area contributed by atoms with E-state index in [4.69, 9.17) is 0 Å². The summed E-state index contributed by atoms with van der Waals surface area (Å²) in [6.07, 6.45) is 2.23. The van der Waals surface area contributed by atoms with E-state index in [0.717, 1.165) is 25.3 Å². The summed E-state index contributed by atoms with van der Waals surface area (Å²) in [7, 11) is 0. The van der Waals surface area contributed by atoms with E-state index in [1.54, 1.807) is 16.7 Å². The minimum Gasteiger partial charge on any atom is -0.393 e. The summed E-state index contributed by atoms with van der Waals surface area (Å²) in [5.74, 6) is -1.53. The number of nitrogens with one attached hydrogen (secondary N) is 3. The second-order valence-electron chi connectivity index (χ2n) is 7.89. The number of aromatic nitrogens is 1. The Labute approximate surface area is 165 Å². The van der Waals surface area contributed by atoms with Crippen molar-refractivity contribution in [2.75, 3.05) is 13.1 Å². The van der Waals surface area contributed by atoms with Gasteiger partial charge in [-0.15, -0.1) is 11.8 Å². The zero-order valence-corrected chi connectivity index (χ0v) is 15.9. The van der Waals surface area contributed by atoms with Crippen molar-refractivity contribution >= 4 is 28.6 Å². The Morgan fingerprint density at radius 3 is 2.89 bits per heavy atom. The Balaban J connectivity index is 1.25. The topological polar surface area (TPSA) is 80.4 Å². The maximum absolute atomic E-state index is 13.9. The molecule has 1 saturated carbocycles. The number of piperidine rings is 1. The predicted molar refractivity (Wildman–Crippen MR) is 103 cm³/mol. The lowest BCUT2D eigenvalue weighted by atomic mass is 9.90. The summed E-state index contributed by atoms with van der Waals surface area (Å²) >= 11 is 1.78. The lowest BCUT2D eigenvalue weighted by Gasteiger charge is -2.34. The number of amides is 1.